The fourth-order valence-electron chi connectivity index (χ4n) is 1.67. The quantitative estimate of drug-likeness (QED) is 0.873. The number of hydrogen-bond donors (Lipinski definition) is 1. The smallest absolute Gasteiger partial charge is 0.327 e. The number of hydrogen-bond acceptors (Lipinski definition) is 3. The second-order valence-electron chi connectivity index (χ2n) is 4.13. The molecule has 0 aliphatic carbocycles. The molecule has 2 aromatic rings. The summed E-state index contributed by atoms with van der Waals surface area (Å²) >= 11 is 5.85. The van der Waals surface area contributed by atoms with Gasteiger partial charge in [0.25, 0.3) is 0 Å². The third kappa shape index (κ3) is 3.81. The van der Waals surface area contributed by atoms with Crippen LogP contribution in [0.15, 0.2) is 54.6 Å². The monoisotopic (exact) mass is 275 g/mol. The Morgan fingerprint density at radius 3 is 2.58 bits per heavy atom. The number of ether oxygens (including phenoxy) is 1. The molecule has 0 saturated carbocycles. The van der Waals surface area contributed by atoms with Gasteiger partial charge in [0.2, 0.25) is 0 Å². The summed E-state index contributed by atoms with van der Waals surface area (Å²) in [6, 6.07) is 15.5. The number of esters is 1. The van der Waals surface area contributed by atoms with E-state index in [0.717, 1.165) is 11.1 Å². The zero-order valence-electron chi connectivity index (χ0n) is 10.3. The summed E-state index contributed by atoms with van der Waals surface area (Å²) in [5.41, 5.74) is 7.40. The van der Waals surface area contributed by atoms with Crippen molar-refractivity contribution in [2.24, 2.45) is 5.73 Å². The average molecular weight is 276 g/mol. The first-order chi connectivity index (χ1) is 9.16. The highest BCUT2D eigenvalue weighted by Crippen LogP contribution is 2.14. The Balaban J connectivity index is 1.95. The van der Waals surface area contributed by atoms with E-state index in [1.54, 1.807) is 24.3 Å². The van der Waals surface area contributed by atoms with Crippen LogP contribution in [0.2, 0.25) is 5.02 Å². The summed E-state index contributed by atoms with van der Waals surface area (Å²) in [4.78, 5) is 11.8. The van der Waals surface area contributed by atoms with Crippen LogP contribution in [0.25, 0.3) is 0 Å². The van der Waals surface area contributed by atoms with Crippen molar-refractivity contribution in [3.05, 3.63) is 70.7 Å². The minimum absolute atomic E-state index is 0.167. The Kier molecular flexibility index (Phi) is 4.55. The van der Waals surface area contributed by atoms with E-state index in [9.17, 15) is 4.79 Å². The molecule has 2 aromatic carbocycles. The van der Waals surface area contributed by atoms with Crippen molar-refractivity contribution in [2.75, 3.05) is 0 Å². The average Bonchev–Trinajstić information content (AvgIpc) is 2.45. The minimum atomic E-state index is -0.764. The summed E-state index contributed by atoms with van der Waals surface area (Å²) in [6.45, 7) is 0.167. The summed E-state index contributed by atoms with van der Waals surface area (Å²) < 4.78 is 5.18. The van der Waals surface area contributed by atoms with Gasteiger partial charge in [-0.05, 0) is 23.3 Å². The van der Waals surface area contributed by atoms with Gasteiger partial charge < -0.3 is 10.5 Å². The van der Waals surface area contributed by atoms with Crippen molar-refractivity contribution in [2.45, 2.75) is 12.6 Å². The van der Waals surface area contributed by atoms with Crippen molar-refractivity contribution < 1.29 is 9.53 Å². The van der Waals surface area contributed by atoms with Crippen molar-refractivity contribution in [1.29, 1.82) is 0 Å². The van der Waals surface area contributed by atoms with Crippen LogP contribution >= 0.6 is 11.6 Å². The van der Waals surface area contributed by atoms with Crippen LogP contribution in [0.1, 0.15) is 17.2 Å². The van der Waals surface area contributed by atoms with E-state index in [1.807, 2.05) is 30.3 Å². The topological polar surface area (TPSA) is 52.3 Å². The zero-order chi connectivity index (χ0) is 13.7. The van der Waals surface area contributed by atoms with Crippen molar-refractivity contribution in [1.82, 2.24) is 0 Å². The van der Waals surface area contributed by atoms with E-state index in [2.05, 4.69) is 0 Å². The molecule has 2 rings (SSSR count). The van der Waals surface area contributed by atoms with E-state index in [-0.39, 0.29) is 6.61 Å². The maximum atomic E-state index is 11.8. The number of halogens is 1. The predicted octanol–water partition coefficient (Wildman–Crippen LogP) is 3.08. The molecule has 0 aliphatic heterocycles. The van der Waals surface area contributed by atoms with Gasteiger partial charge in [-0.2, -0.15) is 0 Å². The lowest BCUT2D eigenvalue weighted by molar-refractivity contribution is -0.146. The summed E-state index contributed by atoms with van der Waals surface area (Å²) in [5, 5.41) is 0.612. The largest absolute Gasteiger partial charge is 0.459 e. The molecule has 0 amide bonds. The van der Waals surface area contributed by atoms with E-state index < -0.39 is 12.0 Å². The first-order valence-electron chi connectivity index (χ1n) is 5.88. The van der Waals surface area contributed by atoms with Gasteiger partial charge in [-0.3, -0.25) is 0 Å². The van der Waals surface area contributed by atoms with Gasteiger partial charge in [0.1, 0.15) is 12.6 Å². The molecule has 0 fully saturated rings. The molecular formula is C15H14ClNO2. The van der Waals surface area contributed by atoms with Crippen LogP contribution in [0, 0.1) is 0 Å². The second kappa shape index (κ2) is 6.36. The van der Waals surface area contributed by atoms with Gasteiger partial charge in [0.05, 0.1) is 0 Å². The third-order valence-corrected chi connectivity index (χ3v) is 2.92. The third-order valence-electron chi connectivity index (χ3n) is 2.68. The molecule has 0 saturated heterocycles. The fraction of sp³-hybridized carbons (Fsp3) is 0.133. The molecule has 2 N–H and O–H groups in total. The molecule has 0 aromatic heterocycles. The van der Waals surface area contributed by atoms with E-state index in [4.69, 9.17) is 22.1 Å². The molecule has 0 radical (unpaired) electrons. The van der Waals surface area contributed by atoms with Crippen molar-refractivity contribution in [3.8, 4) is 0 Å². The van der Waals surface area contributed by atoms with Crippen LogP contribution in [0.5, 0.6) is 0 Å². The fourth-order valence-corrected chi connectivity index (χ4v) is 1.88. The van der Waals surface area contributed by atoms with E-state index in [0.29, 0.717) is 5.02 Å². The van der Waals surface area contributed by atoms with Gasteiger partial charge in [0, 0.05) is 5.02 Å². The van der Waals surface area contributed by atoms with Gasteiger partial charge >= 0.3 is 5.97 Å². The van der Waals surface area contributed by atoms with Crippen LogP contribution < -0.4 is 5.73 Å². The minimum Gasteiger partial charge on any atom is -0.459 e. The molecule has 3 nitrogen and oxygen atoms in total. The lowest BCUT2D eigenvalue weighted by atomic mass is 10.1. The van der Waals surface area contributed by atoms with Gasteiger partial charge in [-0.1, -0.05) is 54.1 Å². The van der Waals surface area contributed by atoms with Crippen LogP contribution in [0.3, 0.4) is 0 Å². The first-order valence-corrected chi connectivity index (χ1v) is 6.26. The van der Waals surface area contributed by atoms with E-state index >= 15 is 0 Å². The standard InChI is InChI=1S/C15H14ClNO2/c16-13-8-4-5-11(9-13)10-19-15(18)14(17)12-6-2-1-3-7-12/h1-9,14H,10,17H2/t14-/m1/s1. The maximum absolute atomic E-state index is 11.8. The number of carbonyl (C=O) groups excluding carboxylic acids is 1. The number of nitrogens with two attached hydrogens (primary N) is 1. The second-order valence-corrected chi connectivity index (χ2v) is 4.56. The molecule has 1 atom stereocenters. The van der Waals surface area contributed by atoms with Gasteiger partial charge in [-0.15, -0.1) is 0 Å². The Morgan fingerprint density at radius 2 is 1.89 bits per heavy atom. The molecular weight excluding hydrogens is 262 g/mol. The summed E-state index contributed by atoms with van der Waals surface area (Å²) in [7, 11) is 0. The Bertz CT molecular complexity index is 557. The number of benzene rings is 2. The van der Waals surface area contributed by atoms with E-state index in [1.165, 1.54) is 0 Å². The molecule has 0 heterocycles. The molecule has 0 spiro atoms. The molecule has 0 bridgehead atoms. The zero-order valence-corrected chi connectivity index (χ0v) is 11.0. The summed E-state index contributed by atoms with van der Waals surface area (Å²) in [5.74, 6) is -0.453. The molecule has 0 aliphatic rings. The number of carbonyl (C=O) groups is 1. The Morgan fingerprint density at radius 1 is 1.16 bits per heavy atom. The lowest BCUT2D eigenvalue weighted by Crippen LogP contribution is -2.23. The Labute approximate surface area is 117 Å². The first kappa shape index (κ1) is 13.6. The predicted molar refractivity (Wildman–Crippen MR) is 74.6 cm³/mol. The lowest BCUT2D eigenvalue weighted by Gasteiger charge is -2.11. The molecule has 4 heteroatoms. The van der Waals surface area contributed by atoms with Gasteiger partial charge in [-0.25, -0.2) is 4.79 Å². The highest BCUT2D eigenvalue weighted by molar-refractivity contribution is 6.30. The molecule has 0 unspecified atom stereocenters. The molecule has 98 valence electrons. The van der Waals surface area contributed by atoms with Crippen molar-refractivity contribution in [3.63, 3.8) is 0 Å². The highest BCUT2D eigenvalue weighted by Gasteiger charge is 2.16. The van der Waals surface area contributed by atoms with Crippen LogP contribution in [0.4, 0.5) is 0 Å². The van der Waals surface area contributed by atoms with Crippen molar-refractivity contribution >= 4 is 17.6 Å². The Hall–Kier alpha value is -1.84. The SMILES string of the molecule is N[C@@H](C(=O)OCc1cccc(Cl)c1)c1ccccc1. The van der Waals surface area contributed by atoms with Crippen LogP contribution in [-0.4, -0.2) is 5.97 Å². The number of rotatable bonds is 4. The maximum Gasteiger partial charge on any atom is 0.327 e. The highest BCUT2D eigenvalue weighted by atomic mass is 35.5. The van der Waals surface area contributed by atoms with Gasteiger partial charge in [0.15, 0.2) is 0 Å². The normalized spacial score (nSPS) is 11.9. The summed E-state index contributed by atoms with van der Waals surface area (Å²) in [6.07, 6.45) is 0. The molecule has 19 heavy (non-hydrogen) atoms. The van der Waals surface area contributed by atoms with Crippen LogP contribution in [-0.2, 0) is 16.1 Å².